The minimum Gasteiger partial charge on any atom is -0.281 e. The van der Waals surface area contributed by atoms with Crippen molar-refractivity contribution < 1.29 is 4.79 Å². The quantitative estimate of drug-likeness (QED) is 0.581. The second kappa shape index (κ2) is 3.97. The molecule has 1 nitrogen and oxygen atoms in total. The largest absolute Gasteiger partial charge is 0.281 e. The van der Waals surface area contributed by atoms with Gasteiger partial charge in [-0.3, -0.25) is 4.79 Å². The zero-order valence-corrected chi connectivity index (χ0v) is 7.66. The van der Waals surface area contributed by atoms with Crippen LogP contribution in [0.4, 0.5) is 0 Å². The molecule has 0 N–H and O–H groups in total. The van der Waals surface area contributed by atoms with E-state index in [1.165, 1.54) is 0 Å². The Hall–Kier alpha value is -0.0400. The van der Waals surface area contributed by atoms with E-state index in [2.05, 4.69) is 6.92 Å². The lowest BCUT2D eigenvalue weighted by Gasteiger charge is -2.21. The number of hydrogen-bond donors (Lipinski definition) is 0. The van der Waals surface area contributed by atoms with Gasteiger partial charge in [-0.25, -0.2) is 0 Å². The van der Waals surface area contributed by atoms with Gasteiger partial charge >= 0.3 is 0 Å². The second-order valence-corrected chi connectivity index (χ2v) is 3.28. The molecule has 0 saturated carbocycles. The maximum Gasteiger partial charge on any atom is 0.227 e. The molecule has 1 atom stereocenters. The van der Waals surface area contributed by atoms with E-state index in [0.29, 0.717) is 0 Å². The lowest BCUT2D eigenvalue weighted by Crippen LogP contribution is -2.22. The van der Waals surface area contributed by atoms with Crippen molar-refractivity contribution >= 4 is 16.8 Å². The van der Waals surface area contributed by atoms with E-state index in [1.807, 2.05) is 13.8 Å². The third-order valence-electron chi connectivity index (χ3n) is 2.06. The van der Waals surface area contributed by atoms with Crippen molar-refractivity contribution in [3.05, 3.63) is 0 Å². The average Bonchev–Trinajstić information content (AvgIpc) is 1.88. The van der Waals surface area contributed by atoms with E-state index < -0.39 is 0 Å². The van der Waals surface area contributed by atoms with E-state index in [9.17, 15) is 4.79 Å². The van der Waals surface area contributed by atoms with Crippen molar-refractivity contribution in [3.8, 4) is 0 Å². The Morgan fingerprint density at radius 2 is 2.00 bits per heavy atom. The molecule has 60 valence electrons. The standard InChI is InChI=1S/C8H15ClO/c1-4-6-8(3,5-2)7(9)10/h4-6H2,1-3H3/t8-/m1/s1. The highest BCUT2D eigenvalue weighted by Crippen LogP contribution is 2.29. The van der Waals surface area contributed by atoms with Gasteiger partial charge in [0.15, 0.2) is 0 Å². The van der Waals surface area contributed by atoms with Crippen LogP contribution in [-0.4, -0.2) is 5.24 Å². The summed E-state index contributed by atoms with van der Waals surface area (Å²) in [5.74, 6) is 0. The van der Waals surface area contributed by atoms with Gasteiger partial charge in [-0.1, -0.05) is 27.2 Å². The minimum atomic E-state index is -0.281. The number of carbonyl (C=O) groups excluding carboxylic acids is 1. The van der Waals surface area contributed by atoms with Gasteiger partial charge in [0.25, 0.3) is 0 Å². The van der Waals surface area contributed by atoms with Gasteiger partial charge in [0.1, 0.15) is 0 Å². The summed E-state index contributed by atoms with van der Waals surface area (Å²) in [6.07, 6.45) is 2.75. The predicted molar refractivity (Wildman–Crippen MR) is 44.2 cm³/mol. The Labute approximate surface area is 67.8 Å². The Balaban J connectivity index is 4.08. The SMILES string of the molecule is CCC[C@@](C)(CC)C(=O)Cl. The molecule has 0 aromatic carbocycles. The first kappa shape index (κ1) is 9.96. The molecule has 0 fully saturated rings. The zero-order valence-electron chi connectivity index (χ0n) is 6.91. The van der Waals surface area contributed by atoms with Gasteiger partial charge in [0.05, 0.1) is 0 Å². The van der Waals surface area contributed by atoms with Crippen molar-refractivity contribution in [3.63, 3.8) is 0 Å². The first-order chi connectivity index (χ1) is 4.56. The monoisotopic (exact) mass is 162 g/mol. The zero-order chi connectivity index (χ0) is 8.20. The summed E-state index contributed by atoms with van der Waals surface area (Å²) in [7, 11) is 0. The van der Waals surface area contributed by atoms with Crippen LogP contribution in [0.25, 0.3) is 0 Å². The van der Waals surface area contributed by atoms with Crippen LogP contribution in [0.5, 0.6) is 0 Å². The van der Waals surface area contributed by atoms with Crippen LogP contribution in [0.1, 0.15) is 40.0 Å². The summed E-state index contributed by atoms with van der Waals surface area (Å²) in [6, 6.07) is 0. The number of halogens is 1. The summed E-state index contributed by atoms with van der Waals surface area (Å²) in [6.45, 7) is 5.98. The molecule has 0 spiro atoms. The third-order valence-corrected chi connectivity index (χ3v) is 2.51. The fraction of sp³-hybridized carbons (Fsp3) is 0.875. The number of carbonyl (C=O) groups is 1. The maximum atomic E-state index is 10.9. The minimum absolute atomic E-state index is 0.197. The van der Waals surface area contributed by atoms with Crippen LogP contribution in [0.2, 0.25) is 0 Å². The molecule has 0 aromatic rings. The molecule has 0 unspecified atom stereocenters. The highest BCUT2D eigenvalue weighted by atomic mass is 35.5. The maximum absolute atomic E-state index is 10.9. The van der Waals surface area contributed by atoms with Gasteiger partial charge in [-0.2, -0.15) is 0 Å². The molecule has 0 rings (SSSR count). The fourth-order valence-electron chi connectivity index (χ4n) is 0.966. The molecule has 0 saturated heterocycles. The van der Waals surface area contributed by atoms with Crippen molar-refractivity contribution in [2.24, 2.45) is 5.41 Å². The van der Waals surface area contributed by atoms with E-state index in [4.69, 9.17) is 11.6 Å². The summed E-state index contributed by atoms with van der Waals surface area (Å²) in [5, 5.41) is -0.197. The molecule has 0 bridgehead atoms. The van der Waals surface area contributed by atoms with Crippen LogP contribution in [0, 0.1) is 5.41 Å². The van der Waals surface area contributed by atoms with E-state index in [0.717, 1.165) is 19.3 Å². The lowest BCUT2D eigenvalue weighted by atomic mass is 9.84. The average molecular weight is 163 g/mol. The normalized spacial score (nSPS) is 16.4. The summed E-state index contributed by atoms with van der Waals surface area (Å²) < 4.78 is 0. The second-order valence-electron chi connectivity index (χ2n) is 2.94. The molecular formula is C8H15ClO. The molecular weight excluding hydrogens is 148 g/mol. The van der Waals surface area contributed by atoms with Crippen LogP contribution >= 0.6 is 11.6 Å². The lowest BCUT2D eigenvalue weighted by molar-refractivity contribution is -0.120. The van der Waals surface area contributed by atoms with Crippen LogP contribution in [-0.2, 0) is 4.79 Å². The van der Waals surface area contributed by atoms with Crippen LogP contribution < -0.4 is 0 Å². The Kier molecular flexibility index (Phi) is 3.95. The molecule has 2 heteroatoms. The van der Waals surface area contributed by atoms with Crippen LogP contribution in [0.3, 0.4) is 0 Å². The van der Waals surface area contributed by atoms with Gasteiger partial charge in [0, 0.05) is 5.41 Å². The molecule has 0 radical (unpaired) electrons. The third kappa shape index (κ3) is 2.30. The Morgan fingerprint density at radius 3 is 2.10 bits per heavy atom. The van der Waals surface area contributed by atoms with Gasteiger partial charge in [-0.05, 0) is 24.4 Å². The number of rotatable bonds is 4. The Morgan fingerprint density at radius 1 is 1.50 bits per heavy atom. The topological polar surface area (TPSA) is 17.1 Å². The molecule has 0 aliphatic carbocycles. The molecule has 0 aliphatic heterocycles. The molecule has 0 amide bonds. The first-order valence-corrected chi connectivity index (χ1v) is 4.14. The van der Waals surface area contributed by atoms with Crippen molar-refractivity contribution in [2.75, 3.05) is 0 Å². The summed E-state index contributed by atoms with van der Waals surface area (Å²) in [4.78, 5) is 10.9. The molecule has 10 heavy (non-hydrogen) atoms. The fourth-order valence-corrected chi connectivity index (χ4v) is 1.19. The van der Waals surface area contributed by atoms with Crippen molar-refractivity contribution in [1.29, 1.82) is 0 Å². The van der Waals surface area contributed by atoms with Gasteiger partial charge in [-0.15, -0.1) is 0 Å². The van der Waals surface area contributed by atoms with Gasteiger partial charge < -0.3 is 0 Å². The van der Waals surface area contributed by atoms with Crippen molar-refractivity contribution in [2.45, 2.75) is 40.0 Å². The smallest absolute Gasteiger partial charge is 0.227 e. The number of hydrogen-bond acceptors (Lipinski definition) is 1. The Bertz CT molecular complexity index is 122. The first-order valence-electron chi connectivity index (χ1n) is 3.76. The van der Waals surface area contributed by atoms with Gasteiger partial charge in [0.2, 0.25) is 5.24 Å². The molecule has 0 aliphatic rings. The van der Waals surface area contributed by atoms with E-state index >= 15 is 0 Å². The van der Waals surface area contributed by atoms with E-state index in [1.54, 1.807) is 0 Å². The highest BCUT2D eigenvalue weighted by Gasteiger charge is 2.27. The predicted octanol–water partition coefficient (Wildman–Crippen LogP) is 2.97. The molecule has 0 heterocycles. The summed E-state index contributed by atoms with van der Waals surface area (Å²) in [5.41, 5.74) is -0.281. The molecule has 0 aromatic heterocycles. The highest BCUT2D eigenvalue weighted by molar-refractivity contribution is 6.64. The van der Waals surface area contributed by atoms with E-state index in [-0.39, 0.29) is 10.7 Å². The van der Waals surface area contributed by atoms with Crippen molar-refractivity contribution in [1.82, 2.24) is 0 Å². The van der Waals surface area contributed by atoms with Crippen LogP contribution in [0.15, 0.2) is 0 Å². The summed E-state index contributed by atoms with van der Waals surface area (Å²) >= 11 is 5.42.